The van der Waals surface area contributed by atoms with E-state index >= 15 is 0 Å². The standard InChI is InChI=1S/C15H17NOS/c1-10-4-5-13(8-11(10)2)18-14-6-7-15(12(3)17)16-9-14/h4-9,12,17H,1-3H3/t12-/m1/s1. The van der Waals surface area contributed by atoms with Gasteiger partial charge >= 0.3 is 0 Å². The Balaban J connectivity index is 2.15. The Morgan fingerprint density at radius 3 is 2.33 bits per heavy atom. The fourth-order valence-corrected chi connectivity index (χ4v) is 2.50. The van der Waals surface area contributed by atoms with E-state index in [0.717, 1.165) is 4.90 Å². The molecule has 0 radical (unpaired) electrons. The van der Waals surface area contributed by atoms with Crippen molar-refractivity contribution in [3.05, 3.63) is 53.3 Å². The van der Waals surface area contributed by atoms with Crippen molar-refractivity contribution in [1.82, 2.24) is 4.98 Å². The van der Waals surface area contributed by atoms with E-state index in [1.165, 1.54) is 16.0 Å². The Morgan fingerprint density at radius 2 is 1.78 bits per heavy atom. The Hall–Kier alpha value is -1.32. The van der Waals surface area contributed by atoms with E-state index in [0.29, 0.717) is 5.69 Å². The fraction of sp³-hybridized carbons (Fsp3) is 0.267. The van der Waals surface area contributed by atoms with Gasteiger partial charge in [0.15, 0.2) is 0 Å². The molecule has 0 unspecified atom stereocenters. The fourth-order valence-electron chi connectivity index (χ4n) is 1.61. The molecule has 2 aromatic rings. The third-order valence-electron chi connectivity index (χ3n) is 2.90. The molecule has 2 nitrogen and oxygen atoms in total. The predicted molar refractivity (Wildman–Crippen MR) is 74.9 cm³/mol. The molecule has 0 saturated carbocycles. The number of aromatic nitrogens is 1. The summed E-state index contributed by atoms with van der Waals surface area (Å²) in [6.07, 6.45) is 1.30. The maximum Gasteiger partial charge on any atom is 0.0931 e. The first kappa shape index (κ1) is 13.1. The first-order valence-electron chi connectivity index (χ1n) is 5.95. The van der Waals surface area contributed by atoms with Crippen LogP contribution in [0.1, 0.15) is 29.8 Å². The van der Waals surface area contributed by atoms with E-state index in [9.17, 15) is 5.11 Å². The van der Waals surface area contributed by atoms with Crippen LogP contribution in [0.25, 0.3) is 0 Å². The number of hydrogen-bond donors (Lipinski definition) is 1. The summed E-state index contributed by atoms with van der Waals surface area (Å²) in [5.41, 5.74) is 3.31. The molecule has 0 aliphatic carbocycles. The molecule has 2 rings (SSSR count). The molecular formula is C15H17NOS. The molecular weight excluding hydrogens is 242 g/mol. The summed E-state index contributed by atoms with van der Waals surface area (Å²) in [5, 5.41) is 9.40. The lowest BCUT2D eigenvalue weighted by molar-refractivity contribution is 0.194. The maximum atomic E-state index is 9.40. The van der Waals surface area contributed by atoms with E-state index in [4.69, 9.17) is 0 Å². The molecule has 18 heavy (non-hydrogen) atoms. The van der Waals surface area contributed by atoms with E-state index < -0.39 is 6.10 Å². The molecule has 0 aliphatic rings. The molecule has 1 atom stereocenters. The van der Waals surface area contributed by atoms with Crippen molar-refractivity contribution in [2.24, 2.45) is 0 Å². The van der Waals surface area contributed by atoms with Crippen LogP contribution in [-0.4, -0.2) is 10.1 Å². The van der Waals surface area contributed by atoms with Crippen LogP contribution in [0.5, 0.6) is 0 Å². The van der Waals surface area contributed by atoms with Crippen molar-refractivity contribution in [2.45, 2.75) is 36.7 Å². The van der Waals surface area contributed by atoms with Crippen molar-refractivity contribution in [1.29, 1.82) is 0 Å². The first-order chi connectivity index (χ1) is 8.56. The van der Waals surface area contributed by atoms with Crippen LogP contribution < -0.4 is 0 Å². The molecule has 0 fully saturated rings. The molecule has 1 N–H and O–H groups in total. The van der Waals surface area contributed by atoms with Crippen molar-refractivity contribution in [3.8, 4) is 0 Å². The first-order valence-corrected chi connectivity index (χ1v) is 6.77. The van der Waals surface area contributed by atoms with Crippen LogP contribution >= 0.6 is 11.8 Å². The zero-order chi connectivity index (χ0) is 13.1. The SMILES string of the molecule is Cc1ccc(Sc2ccc([C@@H](C)O)nc2)cc1C. The van der Waals surface area contributed by atoms with Crippen molar-refractivity contribution in [3.63, 3.8) is 0 Å². The zero-order valence-electron chi connectivity index (χ0n) is 10.8. The normalized spacial score (nSPS) is 12.4. The minimum absolute atomic E-state index is 0.509. The minimum Gasteiger partial charge on any atom is -0.387 e. The van der Waals surface area contributed by atoms with Gasteiger partial charge in [0.05, 0.1) is 11.8 Å². The monoisotopic (exact) mass is 259 g/mol. The van der Waals surface area contributed by atoms with Gasteiger partial charge in [-0.25, -0.2) is 0 Å². The number of nitrogens with zero attached hydrogens (tertiary/aromatic N) is 1. The Labute approximate surface area is 112 Å². The smallest absolute Gasteiger partial charge is 0.0931 e. The second-order valence-corrected chi connectivity index (χ2v) is 5.59. The lowest BCUT2D eigenvalue weighted by Crippen LogP contribution is -1.94. The summed E-state index contributed by atoms with van der Waals surface area (Å²) < 4.78 is 0. The summed E-state index contributed by atoms with van der Waals surface area (Å²) in [7, 11) is 0. The Kier molecular flexibility index (Phi) is 4.04. The number of aliphatic hydroxyl groups is 1. The highest BCUT2D eigenvalue weighted by atomic mass is 32.2. The van der Waals surface area contributed by atoms with Gasteiger partial charge in [-0.1, -0.05) is 17.8 Å². The second kappa shape index (κ2) is 5.55. The van der Waals surface area contributed by atoms with Gasteiger partial charge in [0.1, 0.15) is 0 Å². The van der Waals surface area contributed by atoms with Crippen molar-refractivity contribution >= 4 is 11.8 Å². The molecule has 0 amide bonds. The molecule has 0 saturated heterocycles. The quantitative estimate of drug-likeness (QED) is 0.907. The number of hydrogen-bond acceptors (Lipinski definition) is 3. The van der Waals surface area contributed by atoms with E-state index in [1.807, 2.05) is 18.3 Å². The number of aliphatic hydroxyl groups excluding tert-OH is 1. The lowest BCUT2D eigenvalue weighted by atomic mass is 10.1. The molecule has 1 aromatic carbocycles. The van der Waals surface area contributed by atoms with Gasteiger partial charge in [-0.2, -0.15) is 0 Å². The molecule has 3 heteroatoms. The van der Waals surface area contributed by atoms with Crippen LogP contribution in [0.15, 0.2) is 46.3 Å². The zero-order valence-corrected chi connectivity index (χ0v) is 11.7. The Bertz CT molecular complexity index is 535. The average Bonchev–Trinajstić information content (AvgIpc) is 2.34. The lowest BCUT2D eigenvalue weighted by Gasteiger charge is -2.07. The highest BCUT2D eigenvalue weighted by molar-refractivity contribution is 7.99. The summed E-state index contributed by atoms with van der Waals surface area (Å²) in [5.74, 6) is 0. The van der Waals surface area contributed by atoms with Crippen LogP contribution in [0.4, 0.5) is 0 Å². The predicted octanol–water partition coefficient (Wildman–Crippen LogP) is 3.90. The number of aryl methyl sites for hydroxylation is 2. The molecule has 94 valence electrons. The summed E-state index contributed by atoms with van der Waals surface area (Å²) in [6, 6.07) is 10.3. The van der Waals surface area contributed by atoms with E-state index in [2.05, 4.69) is 37.0 Å². The average molecular weight is 259 g/mol. The topological polar surface area (TPSA) is 33.1 Å². The third kappa shape index (κ3) is 3.12. The van der Waals surface area contributed by atoms with Crippen LogP contribution in [-0.2, 0) is 0 Å². The van der Waals surface area contributed by atoms with Gasteiger partial charge in [-0.15, -0.1) is 0 Å². The molecule has 0 aliphatic heterocycles. The third-order valence-corrected chi connectivity index (χ3v) is 3.87. The van der Waals surface area contributed by atoms with E-state index in [1.54, 1.807) is 18.7 Å². The van der Waals surface area contributed by atoms with Gasteiger partial charge in [-0.05, 0) is 56.2 Å². The van der Waals surface area contributed by atoms with Crippen molar-refractivity contribution in [2.75, 3.05) is 0 Å². The largest absolute Gasteiger partial charge is 0.387 e. The van der Waals surface area contributed by atoms with Gasteiger partial charge < -0.3 is 5.11 Å². The minimum atomic E-state index is -0.509. The Morgan fingerprint density at radius 1 is 1.06 bits per heavy atom. The summed E-state index contributed by atoms with van der Waals surface area (Å²) >= 11 is 1.69. The molecule has 1 heterocycles. The van der Waals surface area contributed by atoms with Gasteiger partial charge in [0.25, 0.3) is 0 Å². The van der Waals surface area contributed by atoms with Crippen LogP contribution in [0, 0.1) is 13.8 Å². The van der Waals surface area contributed by atoms with Crippen LogP contribution in [0.3, 0.4) is 0 Å². The molecule has 0 spiro atoms. The maximum absolute atomic E-state index is 9.40. The van der Waals surface area contributed by atoms with Gasteiger partial charge in [0.2, 0.25) is 0 Å². The molecule has 1 aromatic heterocycles. The highest BCUT2D eigenvalue weighted by Crippen LogP contribution is 2.28. The number of benzene rings is 1. The number of rotatable bonds is 3. The van der Waals surface area contributed by atoms with Crippen LogP contribution in [0.2, 0.25) is 0 Å². The highest BCUT2D eigenvalue weighted by Gasteiger charge is 2.03. The van der Waals surface area contributed by atoms with Gasteiger partial charge in [-0.3, -0.25) is 4.98 Å². The summed E-state index contributed by atoms with van der Waals surface area (Å²) in [4.78, 5) is 6.54. The van der Waals surface area contributed by atoms with Crippen molar-refractivity contribution < 1.29 is 5.11 Å². The van der Waals surface area contributed by atoms with Gasteiger partial charge in [0, 0.05) is 16.0 Å². The number of pyridine rings is 1. The summed E-state index contributed by atoms with van der Waals surface area (Å²) in [6.45, 7) is 5.95. The molecule has 0 bridgehead atoms. The van der Waals surface area contributed by atoms with E-state index in [-0.39, 0.29) is 0 Å². The second-order valence-electron chi connectivity index (χ2n) is 4.44.